The lowest BCUT2D eigenvalue weighted by Crippen LogP contribution is -2.41. The molecule has 1 fully saturated rings. The number of anilines is 1. The molecule has 8 heteroatoms. The smallest absolute Gasteiger partial charge is 0.132 e. The Bertz CT molecular complexity index is 1230. The zero-order valence-corrected chi connectivity index (χ0v) is 17.8. The third-order valence-electron chi connectivity index (χ3n) is 5.89. The van der Waals surface area contributed by atoms with Gasteiger partial charge in [-0.05, 0) is 56.3 Å². The van der Waals surface area contributed by atoms with Gasteiger partial charge in [-0.3, -0.25) is 10.1 Å². The highest BCUT2D eigenvalue weighted by Gasteiger charge is 2.19. The molecule has 1 saturated heterocycles. The van der Waals surface area contributed by atoms with E-state index in [0.717, 1.165) is 42.7 Å². The number of halogens is 2. The molecular weight excluding hydrogens is 415 g/mol. The van der Waals surface area contributed by atoms with Crippen LogP contribution in [-0.4, -0.2) is 46.3 Å². The van der Waals surface area contributed by atoms with Crippen molar-refractivity contribution in [3.05, 3.63) is 59.6 Å². The summed E-state index contributed by atoms with van der Waals surface area (Å²) in [5.41, 5.74) is 4.91. The predicted molar refractivity (Wildman–Crippen MR) is 122 cm³/mol. The van der Waals surface area contributed by atoms with Crippen LogP contribution in [0.4, 0.5) is 10.1 Å². The first-order chi connectivity index (χ1) is 15.1. The van der Waals surface area contributed by atoms with Gasteiger partial charge in [0.1, 0.15) is 11.5 Å². The van der Waals surface area contributed by atoms with E-state index in [4.69, 9.17) is 16.6 Å². The number of rotatable bonds is 4. The van der Waals surface area contributed by atoms with Gasteiger partial charge < -0.3 is 10.2 Å². The quantitative estimate of drug-likeness (QED) is 0.486. The zero-order valence-electron chi connectivity index (χ0n) is 17.1. The summed E-state index contributed by atoms with van der Waals surface area (Å²) in [5.74, 6) is -0.382. The van der Waals surface area contributed by atoms with Crippen LogP contribution < -0.4 is 10.2 Å². The van der Waals surface area contributed by atoms with Gasteiger partial charge in [0.15, 0.2) is 0 Å². The standard InChI is InChI=1S/C23H22ClFN6/c1-26-15-6-8-31(9-7-15)16-11-22-21(27-12-16)5-4-20(29-22)18-13-28-30-23(18)17-10-14(24)2-3-19(17)25/h2-5,10-13,15,26H,6-9H2,1H3,(H,28,30). The van der Waals surface area contributed by atoms with Crippen LogP contribution in [-0.2, 0) is 0 Å². The Morgan fingerprint density at radius 3 is 2.74 bits per heavy atom. The summed E-state index contributed by atoms with van der Waals surface area (Å²) in [6.45, 7) is 1.97. The van der Waals surface area contributed by atoms with Gasteiger partial charge in [0.05, 0.1) is 28.6 Å². The van der Waals surface area contributed by atoms with Crippen molar-refractivity contribution in [2.24, 2.45) is 0 Å². The van der Waals surface area contributed by atoms with E-state index in [1.807, 2.05) is 25.4 Å². The lowest BCUT2D eigenvalue weighted by molar-refractivity contribution is 0.442. The predicted octanol–water partition coefficient (Wildman–Crippen LogP) is 4.67. The van der Waals surface area contributed by atoms with Crippen LogP contribution in [0.25, 0.3) is 33.5 Å². The lowest BCUT2D eigenvalue weighted by Gasteiger charge is -2.33. The molecule has 1 aliphatic rings. The second-order valence-corrected chi connectivity index (χ2v) is 8.19. The molecule has 158 valence electrons. The molecule has 3 aromatic heterocycles. The molecule has 0 saturated carbocycles. The van der Waals surface area contributed by atoms with Crippen LogP contribution in [0.5, 0.6) is 0 Å². The molecule has 0 bridgehead atoms. The summed E-state index contributed by atoms with van der Waals surface area (Å²) in [4.78, 5) is 11.8. The van der Waals surface area contributed by atoms with E-state index in [-0.39, 0.29) is 5.82 Å². The number of benzene rings is 1. The second kappa shape index (κ2) is 8.24. The Labute approximate surface area is 184 Å². The van der Waals surface area contributed by atoms with E-state index in [9.17, 15) is 4.39 Å². The van der Waals surface area contributed by atoms with Crippen molar-refractivity contribution in [1.82, 2.24) is 25.5 Å². The molecule has 31 heavy (non-hydrogen) atoms. The number of piperidine rings is 1. The van der Waals surface area contributed by atoms with Gasteiger partial charge in [0.2, 0.25) is 0 Å². The number of aromatic amines is 1. The molecular formula is C23H22ClFN6. The van der Waals surface area contributed by atoms with Crippen molar-refractivity contribution in [3.8, 4) is 22.5 Å². The van der Waals surface area contributed by atoms with E-state index in [2.05, 4.69) is 31.5 Å². The van der Waals surface area contributed by atoms with Crippen LogP contribution in [0.15, 0.2) is 48.8 Å². The second-order valence-electron chi connectivity index (χ2n) is 7.75. The van der Waals surface area contributed by atoms with E-state index in [1.165, 1.54) is 12.1 Å². The number of fused-ring (bicyclic) bond motifs is 1. The fraction of sp³-hybridized carbons (Fsp3) is 0.261. The molecule has 0 aliphatic carbocycles. The number of nitrogens with zero attached hydrogens (tertiary/aromatic N) is 4. The number of aromatic nitrogens is 4. The first kappa shape index (κ1) is 19.9. The third-order valence-corrected chi connectivity index (χ3v) is 6.13. The summed E-state index contributed by atoms with van der Waals surface area (Å²) in [6.07, 6.45) is 5.84. The molecule has 2 N–H and O–H groups in total. The molecule has 5 rings (SSSR count). The molecule has 0 unspecified atom stereocenters. The first-order valence-corrected chi connectivity index (χ1v) is 10.7. The fourth-order valence-corrected chi connectivity index (χ4v) is 4.29. The number of H-pyrrole nitrogens is 1. The van der Waals surface area contributed by atoms with Gasteiger partial charge in [-0.15, -0.1) is 0 Å². The van der Waals surface area contributed by atoms with Crippen LogP contribution in [0, 0.1) is 5.82 Å². The first-order valence-electron chi connectivity index (χ1n) is 10.3. The maximum atomic E-state index is 14.4. The van der Waals surface area contributed by atoms with Gasteiger partial charge in [-0.25, -0.2) is 9.37 Å². The minimum atomic E-state index is -0.382. The van der Waals surface area contributed by atoms with Crippen molar-refractivity contribution in [1.29, 1.82) is 0 Å². The van der Waals surface area contributed by atoms with Crippen molar-refractivity contribution in [3.63, 3.8) is 0 Å². The Hall–Kier alpha value is -3.03. The Balaban J connectivity index is 1.51. The molecule has 4 aromatic rings. The van der Waals surface area contributed by atoms with Crippen molar-refractivity contribution < 1.29 is 4.39 Å². The van der Waals surface area contributed by atoms with Crippen molar-refractivity contribution in [2.75, 3.05) is 25.0 Å². The summed E-state index contributed by atoms with van der Waals surface area (Å²) in [6, 6.07) is 10.9. The number of hydrogen-bond donors (Lipinski definition) is 2. The third kappa shape index (κ3) is 3.86. The largest absolute Gasteiger partial charge is 0.370 e. The van der Waals surface area contributed by atoms with Gasteiger partial charge in [-0.1, -0.05) is 11.6 Å². The minimum Gasteiger partial charge on any atom is -0.370 e. The van der Waals surface area contributed by atoms with E-state index < -0.39 is 0 Å². The average molecular weight is 437 g/mol. The number of pyridine rings is 2. The lowest BCUT2D eigenvalue weighted by atomic mass is 10.0. The Kier molecular flexibility index (Phi) is 5.29. The molecule has 0 radical (unpaired) electrons. The van der Waals surface area contributed by atoms with Crippen LogP contribution in [0.1, 0.15) is 12.8 Å². The molecule has 1 aliphatic heterocycles. The normalized spacial score (nSPS) is 15.0. The van der Waals surface area contributed by atoms with Crippen molar-refractivity contribution >= 4 is 28.3 Å². The highest BCUT2D eigenvalue weighted by molar-refractivity contribution is 6.30. The van der Waals surface area contributed by atoms with Gasteiger partial charge in [0, 0.05) is 41.5 Å². The molecule has 0 atom stereocenters. The highest BCUT2D eigenvalue weighted by Crippen LogP contribution is 2.33. The average Bonchev–Trinajstić information content (AvgIpc) is 3.29. The number of hydrogen-bond acceptors (Lipinski definition) is 5. The topological polar surface area (TPSA) is 69.7 Å². The van der Waals surface area contributed by atoms with Crippen LogP contribution >= 0.6 is 11.6 Å². The molecule has 1 aromatic carbocycles. The fourth-order valence-electron chi connectivity index (χ4n) is 4.11. The van der Waals surface area contributed by atoms with Crippen LogP contribution in [0.3, 0.4) is 0 Å². The Morgan fingerprint density at radius 2 is 1.94 bits per heavy atom. The van der Waals surface area contributed by atoms with Gasteiger partial charge in [0.25, 0.3) is 0 Å². The molecule has 0 amide bonds. The monoisotopic (exact) mass is 436 g/mol. The van der Waals surface area contributed by atoms with Gasteiger partial charge in [-0.2, -0.15) is 5.10 Å². The molecule has 4 heterocycles. The summed E-state index contributed by atoms with van der Waals surface area (Å²) in [7, 11) is 2.02. The van der Waals surface area contributed by atoms with E-state index in [0.29, 0.717) is 33.6 Å². The van der Waals surface area contributed by atoms with Gasteiger partial charge >= 0.3 is 0 Å². The molecule has 6 nitrogen and oxygen atoms in total. The van der Waals surface area contributed by atoms with Crippen molar-refractivity contribution in [2.45, 2.75) is 18.9 Å². The summed E-state index contributed by atoms with van der Waals surface area (Å²) < 4.78 is 14.4. The minimum absolute atomic E-state index is 0.338. The van der Waals surface area contributed by atoms with E-state index >= 15 is 0 Å². The molecule has 0 spiro atoms. The Morgan fingerprint density at radius 1 is 1.10 bits per heavy atom. The maximum Gasteiger partial charge on any atom is 0.132 e. The summed E-state index contributed by atoms with van der Waals surface area (Å²) >= 11 is 6.08. The zero-order chi connectivity index (χ0) is 21.4. The number of nitrogens with one attached hydrogen (secondary N) is 2. The maximum absolute atomic E-state index is 14.4. The summed E-state index contributed by atoms with van der Waals surface area (Å²) in [5, 5.41) is 10.9. The SMILES string of the molecule is CNC1CCN(c2cnc3ccc(-c4c[nH]nc4-c4cc(Cl)ccc4F)nc3c2)CC1. The van der Waals surface area contributed by atoms with E-state index in [1.54, 1.807) is 12.3 Å². The van der Waals surface area contributed by atoms with Crippen LogP contribution in [0.2, 0.25) is 5.02 Å². The highest BCUT2D eigenvalue weighted by atomic mass is 35.5.